The second-order valence-corrected chi connectivity index (χ2v) is 8.68. The Kier molecular flexibility index (Phi) is 7.90. The van der Waals surface area contributed by atoms with Gasteiger partial charge in [0, 0.05) is 19.5 Å². The predicted octanol–water partition coefficient (Wildman–Crippen LogP) is 3.00. The fourth-order valence-corrected chi connectivity index (χ4v) is 4.79. The summed E-state index contributed by atoms with van der Waals surface area (Å²) in [5.74, 6) is 0.295. The maximum absolute atomic E-state index is 12.4. The molecule has 1 aliphatic heterocycles. The van der Waals surface area contributed by atoms with E-state index in [1.54, 1.807) is 11.2 Å². The van der Waals surface area contributed by atoms with Gasteiger partial charge in [-0.05, 0) is 50.5 Å². The molecule has 140 valence electrons. The molecule has 1 fully saturated rings. The van der Waals surface area contributed by atoms with Crippen LogP contribution in [0.2, 0.25) is 0 Å². The maximum atomic E-state index is 12.4. The van der Waals surface area contributed by atoms with Crippen molar-refractivity contribution in [2.75, 3.05) is 25.4 Å². The van der Waals surface area contributed by atoms with E-state index in [1.165, 1.54) is 5.56 Å². The number of aryl methyl sites for hydroxylation is 1. The van der Waals surface area contributed by atoms with Gasteiger partial charge in [0.25, 0.3) is 0 Å². The third-order valence-electron chi connectivity index (χ3n) is 4.74. The molecular weight excluding hydrogens is 338 g/mol. The highest BCUT2D eigenvalue weighted by Crippen LogP contribution is 2.24. The van der Waals surface area contributed by atoms with Crippen molar-refractivity contribution in [2.45, 2.75) is 45.4 Å². The van der Waals surface area contributed by atoms with Crippen LogP contribution in [0.1, 0.15) is 44.6 Å². The van der Waals surface area contributed by atoms with Crippen LogP contribution in [0.15, 0.2) is 30.3 Å². The molecule has 0 radical (unpaired) electrons. The molecule has 0 unspecified atom stereocenters. The molecule has 6 heteroatoms. The topological polar surface area (TPSA) is 63.7 Å². The van der Waals surface area contributed by atoms with Crippen molar-refractivity contribution in [3.8, 4) is 0 Å². The third-order valence-corrected chi connectivity index (χ3v) is 6.70. The van der Waals surface area contributed by atoms with E-state index < -0.39 is 10.0 Å². The van der Waals surface area contributed by atoms with E-state index in [4.69, 9.17) is 4.74 Å². The van der Waals surface area contributed by atoms with Crippen LogP contribution >= 0.6 is 0 Å². The number of carbonyl (C=O) groups is 1. The first kappa shape index (κ1) is 19.9. The highest BCUT2D eigenvalue weighted by Gasteiger charge is 2.27. The summed E-state index contributed by atoms with van der Waals surface area (Å²) >= 11 is 0. The van der Waals surface area contributed by atoms with Crippen LogP contribution in [0.3, 0.4) is 0 Å². The number of nitrogens with zero attached hydrogens (tertiary/aromatic N) is 1. The quantitative estimate of drug-likeness (QED) is 0.630. The van der Waals surface area contributed by atoms with E-state index in [-0.39, 0.29) is 18.1 Å². The van der Waals surface area contributed by atoms with Gasteiger partial charge >= 0.3 is 5.97 Å². The van der Waals surface area contributed by atoms with Crippen molar-refractivity contribution in [3.63, 3.8) is 0 Å². The Bertz CT molecular complexity index is 622. The minimum atomic E-state index is -3.26. The molecule has 2 rings (SSSR count). The van der Waals surface area contributed by atoms with Crippen LogP contribution in [0.5, 0.6) is 0 Å². The lowest BCUT2D eigenvalue weighted by atomic mass is 9.91. The van der Waals surface area contributed by atoms with E-state index in [0.717, 1.165) is 25.7 Å². The first-order valence-electron chi connectivity index (χ1n) is 9.18. The lowest BCUT2D eigenvalue weighted by Gasteiger charge is -2.31. The van der Waals surface area contributed by atoms with Gasteiger partial charge in [-0.15, -0.1) is 0 Å². The molecule has 1 heterocycles. The van der Waals surface area contributed by atoms with Gasteiger partial charge in [-0.25, -0.2) is 12.7 Å². The first-order chi connectivity index (χ1) is 12.0. The molecule has 0 N–H and O–H groups in total. The van der Waals surface area contributed by atoms with Gasteiger partial charge < -0.3 is 4.74 Å². The second kappa shape index (κ2) is 9.92. The van der Waals surface area contributed by atoms with E-state index in [0.29, 0.717) is 32.0 Å². The summed E-state index contributed by atoms with van der Waals surface area (Å²) in [5, 5.41) is 0. The maximum Gasteiger partial charge on any atom is 0.305 e. The van der Waals surface area contributed by atoms with Crippen molar-refractivity contribution < 1.29 is 17.9 Å². The fraction of sp³-hybridized carbons (Fsp3) is 0.632. The van der Waals surface area contributed by atoms with Crippen LogP contribution < -0.4 is 0 Å². The first-order valence-corrected chi connectivity index (χ1v) is 10.8. The van der Waals surface area contributed by atoms with Crippen LogP contribution in [0, 0.1) is 5.92 Å². The number of piperidine rings is 1. The monoisotopic (exact) mass is 367 g/mol. The van der Waals surface area contributed by atoms with E-state index in [9.17, 15) is 13.2 Å². The molecule has 0 saturated carbocycles. The minimum Gasteiger partial charge on any atom is -0.466 e. The van der Waals surface area contributed by atoms with Crippen molar-refractivity contribution in [1.82, 2.24) is 4.31 Å². The summed E-state index contributed by atoms with van der Waals surface area (Å²) in [6.45, 7) is 3.28. The lowest BCUT2D eigenvalue weighted by Crippen LogP contribution is -2.39. The Labute approximate surface area is 151 Å². The molecule has 0 aliphatic carbocycles. The van der Waals surface area contributed by atoms with Crippen molar-refractivity contribution >= 4 is 16.0 Å². The van der Waals surface area contributed by atoms with Gasteiger partial charge in [0.2, 0.25) is 10.0 Å². The van der Waals surface area contributed by atoms with E-state index >= 15 is 0 Å². The van der Waals surface area contributed by atoms with Crippen LogP contribution in [0.4, 0.5) is 0 Å². The molecule has 1 saturated heterocycles. The highest BCUT2D eigenvalue weighted by atomic mass is 32.2. The molecule has 1 aliphatic rings. The Morgan fingerprint density at radius 2 is 1.88 bits per heavy atom. The van der Waals surface area contributed by atoms with Gasteiger partial charge in [-0.2, -0.15) is 0 Å². The summed E-state index contributed by atoms with van der Waals surface area (Å²) < 4.78 is 31.2. The Balaban J connectivity index is 1.70. The summed E-state index contributed by atoms with van der Waals surface area (Å²) in [6.07, 6.45) is 4.50. The van der Waals surface area contributed by atoms with Gasteiger partial charge in [-0.3, -0.25) is 4.79 Å². The summed E-state index contributed by atoms with van der Waals surface area (Å²) in [4.78, 5) is 11.3. The predicted molar refractivity (Wildman–Crippen MR) is 98.7 cm³/mol. The molecule has 25 heavy (non-hydrogen) atoms. The van der Waals surface area contributed by atoms with Gasteiger partial charge in [-0.1, -0.05) is 30.3 Å². The van der Waals surface area contributed by atoms with Crippen molar-refractivity contribution in [3.05, 3.63) is 35.9 Å². The zero-order valence-corrected chi connectivity index (χ0v) is 15.8. The van der Waals surface area contributed by atoms with Gasteiger partial charge in [0.05, 0.1) is 12.4 Å². The van der Waals surface area contributed by atoms with Crippen molar-refractivity contribution in [2.24, 2.45) is 5.92 Å². The van der Waals surface area contributed by atoms with Gasteiger partial charge in [0.1, 0.15) is 0 Å². The normalized spacial score (nSPS) is 16.7. The number of ether oxygens (including phenoxy) is 1. The smallest absolute Gasteiger partial charge is 0.305 e. The molecule has 0 amide bonds. The largest absolute Gasteiger partial charge is 0.466 e. The summed E-state index contributed by atoms with van der Waals surface area (Å²) in [7, 11) is -3.26. The highest BCUT2D eigenvalue weighted by molar-refractivity contribution is 7.89. The molecule has 0 bridgehead atoms. The number of benzene rings is 1. The average molecular weight is 368 g/mol. The molecule has 0 aromatic heterocycles. The number of hydrogen-bond acceptors (Lipinski definition) is 4. The lowest BCUT2D eigenvalue weighted by molar-refractivity contribution is -0.143. The molecule has 0 spiro atoms. The SMILES string of the molecule is CCOC(=O)CCCS(=O)(=O)N1CCC(CCc2ccccc2)CC1. The standard InChI is InChI=1S/C19H29NO4S/c1-2-24-19(21)9-6-16-25(22,23)20-14-12-18(13-15-20)11-10-17-7-4-3-5-8-17/h3-5,7-8,18H,2,6,9-16H2,1H3. The molecular formula is C19H29NO4S. The molecule has 1 aromatic carbocycles. The van der Waals surface area contributed by atoms with Crippen LogP contribution in [-0.4, -0.2) is 44.1 Å². The van der Waals surface area contributed by atoms with Gasteiger partial charge in [0.15, 0.2) is 0 Å². The number of hydrogen-bond donors (Lipinski definition) is 0. The molecule has 0 atom stereocenters. The summed E-state index contributed by atoms with van der Waals surface area (Å²) in [6, 6.07) is 10.4. The number of sulfonamides is 1. The Morgan fingerprint density at radius 3 is 2.52 bits per heavy atom. The van der Waals surface area contributed by atoms with Crippen LogP contribution in [-0.2, 0) is 26.0 Å². The van der Waals surface area contributed by atoms with Crippen molar-refractivity contribution in [1.29, 1.82) is 0 Å². The Hall–Kier alpha value is -1.40. The van der Waals surface area contributed by atoms with E-state index in [2.05, 4.69) is 24.3 Å². The zero-order chi connectivity index (χ0) is 18.1. The molecule has 1 aromatic rings. The average Bonchev–Trinajstić information content (AvgIpc) is 2.61. The van der Waals surface area contributed by atoms with Crippen LogP contribution in [0.25, 0.3) is 0 Å². The third kappa shape index (κ3) is 6.78. The second-order valence-electron chi connectivity index (χ2n) is 6.59. The minimum absolute atomic E-state index is 0.0283. The molecule has 5 nitrogen and oxygen atoms in total. The fourth-order valence-electron chi connectivity index (χ4n) is 3.25. The summed E-state index contributed by atoms with van der Waals surface area (Å²) in [5.41, 5.74) is 1.34. The number of esters is 1. The van der Waals surface area contributed by atoms with E-state index in [1.807, 2.05) is 6.07 Å². The number of carbonyl (C=O) groups excluding carboxylic acids is 1. The zero-order valence-electron chi connectivity index (χ0n) is 15.0. The Morgan fingerprint density at radius 1 is 1.20 bits per heavy atom. The number of rotatable bonds is 9.